The van der Waals surface area contributed by atoms with Gasteiger partial charge in [0, 0.05) is 12.1 Å². The zero-order valence-corrected chi connectivity index (χ0v) is 16.1. The van der Waals surface area contributed by atoms with Crippen molar-refractivity contribution >= 4 is 15.7 Å². The van der Waals surface area contributed by atoms with E-state index < -0.39 is 16.1 Å². The minimum Gasteiger partial charge on any atom is -0.497 e. The van der Waals surface area contributed by atoms with Crippen LogP contribution in [0.4, 0.5) is 5.69 Å². The number of hydrogen-bond donors (Lipinski definition) is 1. The van der Waals surface area contributed by atoms with Crippen molar-refractivity contribution < 1.29 is 23.0 Å². The lowest BCUT2D eigenvalue weighted by Gasteiger charge is -2.33. The van der Waals surface area contributed by atoms with Crippen LogP contribution in [0.1, 0.15) is 29.2 Å². The van der Waals surface area contributed by atoms with Gasteiger partial charge in [-0.15, -0.1) is 0 Å². The smallest absolute Gasteiger partial charge is 0.268 e. The van der Waals surface area contributed by atoms with Crippen molar-refractivity contribution in [2.24, 2.45) is 0 Å². The lowest BCUT2D eigenvalue weighted by Crippen LogP contribution is -2.37. The summed E-state index contributed by atoms with van der Waals surface area (Å²) in [6.07, 6.45) is -0.416. The second-order valence-electron chi connectivity index (χ2n) is 6.39. The number of aryl methyl sites for hydroxylation is 2. The summed E-state index contributed by atoms with van der Waals surface area (Å²) in [6.45, 7) is 3.97. The number of benzene rings is 2. The molecule has 1 aliphatic heterocycles. The molecule has 1 heterocycles. The third-order valence-electron chi connectivity index (χ3n) is 4.82. The Kier molecular flexibility index (Phi) is 4.86. The molecule has 6 nitrogen and oxygen atoms in total. The Morgan fingerprint density at radius 3 is 2.42 bits per heavy atom. The van der Waals surface area contributed by atoms with E-state index in [1.807, 2.05) is 13.8 Å². The molecule has 0 bridgehead atoms. The van der Waals surface area contributed by atoms with Crippen LogP contribution in [-0.4, -0.2) is 34.3 Å². The van der Waals surface area contributed by atoms with E-state index in [0.717, 1.165) is 11.1 Å². The second kappa shape index (κ2) is 6.81. The molecular weight excluding hydrogens is 354 g/mol. The third-order valence-corrected chi connectivity index (χ3v) is 6.65. The molecule has 7 heteroatoms. The molecule has 0 fully saturated rings. The van der Waals surface area contributed by atoms with E-state index in [2.05, 4.69) is 0 Å². The molecule has 0 saturated heterocycles. The van der Waals surface area contributed by atoms with Crippen LogP contribution in [0.15, 0.2) is 35.2 Å². The van der Waals surface area contributed by atoms with Crippen LogP contribution in [0.25, 0.3) is 0 Å². The van der Waals surface area contributed by atoms with E-state index in [1.165, 1.54) is 18.5 Å². The summed E-state index contributed by atoms with van der Waals surface area (Å²) in [5, 5.41) is 10.3. The summed E-state index contributed by atoms with van der Waals surface area (Å²) in [7, 11) is -0.851. The molecule has 26 heavy (non-hydrogen) atoms. The van der Waals surface area contributed by atoms with E-state index in [4.69, 9.17) is 9.47 Å². The summed E-state index contributed by atoms with van der Waals surface area (Å²) in [6, 6.07) is 8.41. The van der Waals surface area contributed by atoms with Crippen molar-refractivity contribution in [3.05, 3.63) is 47.0 Å². The average molecular weight is 377 g/mol. The SMILES string of the molecule is COc1ccc2c(c1)C(O)CCN2S(=O)(=O)c1cc(C)c(C)cc1OC. The molecule has 0 saturated carbocycles. The largest absolute Gasteiger partial charge is 0.497 e. The lowest BCUT2D eigenvalue weighted by molar-refractivity contribution is 0.166. The third kappa shape index (κ3) is 3.01. The van der Waals surface area contributed by atoms with Gasteiger partial charge in [-0.1, -0.05) is 0 Å². The molecule has 2 aromatic carbocycles. The predicted molar refractivity (Wildman–Crippen MR) is 99.6 cm³/mol. The van der Waals surface area contributed by atoms with Crippen molar-refractivity contribution in [3.8, 4) is 11.5 Å². The Hall–Kier alpha value is -2.25. The fourth-order valence-corrected chi connectivity index (χ4v) is 4.89. The van der Waals surface area contributed by atoms with Crippen molar-refractivity contribution in [1.29, 1.82) is 0 Å². The molecule has 1 N–H and O–H groups in total. The maximum Gasteiger partial charge on any atom is 0.268 e. The first kappa shape index (κ1) is 18.5. The highest BCUT2D eigenvalue weighted by Crippen LogP contribution is 2.40. The van der Waals surface area contributed by atoms with Crippen LogP contribution in [0.2, 0.25) is 0 Å². The van der Waals surface area contributed by atoms with Gasteiger partial charge in [-0.25, -0.2) is 8.42 Å². The van der Waals surface area contributed by atoms with Gasteiger partial charge in [-0.2, -0.15) is 0 Å². The zero-order valence-electron chi connectivity index (χ0n) is 15.3. The molecule has 2 aromatic rings. The topological polar surface area (TPSA) is 76.1 Å². The minimum atomic E-state index is -3.84. The summed E-state index contributed by atoms with van der Waals surface area (Å²) in [5.74, 6) is 0.889. The molecule has 140 valence electrons. The highest BCUT2D eigenvalue weighted by Gasteiger charge is 2.34. The number of anilines is 1. The highest BCUT2D eigenvalue weighted by atomic mass is 32.2. The highest BCUT2D eigenvalue weighted by molar-refractivity contribution is 7.93. The number of aliphatic hydroxyl groups excluding tert-OH is 1. The van der Waals surface area contributed by atoms with Gasteiger partial charge in [-0.3, -0.25) is 4.31 Å². The Labute approximate surface area is 154 Å². The van der Waals surface area contributed by atoms with Gasteiger partial charge in [0.05, 0.1) is 26.0 Å². The minimum absolute atomic E-state index is 0.126. The van der Waals surface area contributed by atoms with E-state index in [-0.39, 0.29) is 11.4 Å². The molecule has 0 spiro atoms. The van der Waals surface area contributed by atoms with Crippen LogP contribution in [0.5, 0.6) is 11.5 Å². The van der Waals surface area contributed by atoms with Crippen molar-refractivity contribution in [2.45, 2.75) is 31.3 Å². The number of nitrogens with zero attached hydrogens (tertiary/aromatic N) is 1. The normalized spacial score (nSPS) is 17.0. The van der Waals surface area contributed by atoms with Gasteiger partial charge in [0.1, 0.15) is 16.4 Å². The molecule has 0 radical (unpaired) electrons. The number of fused-ring (bicyclic) bond motifs is 1. The van der Waals surface area contributed by atoms with Crippen LogP contribution in [-0.2, 0) is 10.0 Å². The molecule has 1 aliphatic rings. The van der Waals surface area contributed by atoms with E-state index in [1.54, 1.807) is 30.3 Å². The van der Waals surface area contributed by atoms with Crippen molar-refractivity contribution in [2.75, 3.05) is 25.1 Å². The van der Waals surface area contributed by atoms with Gasteiger partial charge in [0.2, 0.25) is 0 Å². The Bertz CT molecular complexity index is 939. The maximum atomic E-state index is 13.4. The molecule has 0 aliphatic carbocycles. The quantitative estimate of drug-likeness (QED) is 0.887. The van der Waals surface area contributed by atoms with Crippen LogP contribution < -0.4 is 13.8 Å². The molecule has 0 aromatic heterocycles. The molecule has 1 unspecified atom stereocenters. The first-order valence-electron chi connectivity index (χ1n) is 8.33. The first-order valence-corrected chi connectivity index (χ1v) is 9.77. The Morgan fingerprint density at radius 2 is 1.77 bits per heavy atom. The van der Waals surface area contributed by atoms with Gasteiger partial charge >= 0.3 is 0 Å². The Morgan fingerprint density at radius 1 is 1.08 bits per heavy atom. The number of methoxy groups -OCH3 is 2. The summed E-state index contributed by atoms with van der Waals surface area (Å²) in [5.41, 5.74) is 2.84. The van der Waals surface area contributed by atoms with Gasteiger partial charge in [-0.05, 0) is 61.7 Å². The van der Waals surface area contributed by atoms with Crippen LogP contribution >= 0.6 is 0 Å². The first-order chi connectivity index (χ1) is 12.3. The van der Waals surface area contributed by atoms with Crippen molar-refractivity contribution in [3.63, 3.8) is 0 Å². The fourth-order valence-electron chi connectivity index (χ4n) is 3.16. The van der Waals surface area contributed by atoms with Crippen LogP contribution in [0, 0.1) is 13.8 Å². The summed E-state index contributed by atoms with van der Waals surface area (Å²) in [4.78, 5) is 0.126. The summed E-state index contributed by atoms with van der Waals surface area (Å²) < 4.78 is 38.6. The van der Waals surface area contributed by atoms with E-state index in [9.17, 15) is 13.5 Å². The van der Waals surface area contributed by atoms with E-state index in [0.29, 0.717) is 29.2 Å². The second-order valence-corrected chi connectivity index (χ2v) is 8.22. The number of rotatable bonds is 4. The Balaban J connectivity index is 2.16. The molecule has 0 amide bonds. The van der Waals surface area contributed by atoms with Gasteiger partial charge < -0.3 is 14.6 Å². The van der Waals surface area contributed by atoms with Crippen LogP contribution in [0.3, 0.4) is 0 Å². The number of hydrogen-bond acceptors (Lipinski definition) is 5. The van der Waals surface area contributed by atoms with Gasteiger partial charge in [0.15, 0.2) is 0 Å². The fraction of sp³-hybridized carbons (Fsp3) is 0.368. The number of ether oxygens (including phenoxy) is 2. The summed E-state index contributed by atoms with van der Waals surface area (Å²) >= 11 is 0. The van der Waals surface area contributed by atoms with Gasteiger partial charge in [0.25, 0.3) is 10.0 Å². The van der Waals surface area contributed by atoms with E-state index >= 15 is 0 Å². The monoisotopic (exact) mass is 377 g/mol. The van der Waals surface area contributed by atoms with Crippen molar-refractivity contribution in [1.82, 2.24) is 0 Å². The number of aliphatic hydroxyl groups is 1. The predicted octanol–water partition coefficient (Wildman–Crippen LogP) is 2.95. The molecule has 1 atom stereocenters. The lowest BCUT2D eigenvalue weighted by atomic mass is 10.0. The number of sulfonamides is 1. The maximum absolute atomic E-state index is 13.4. The average Bonchev–Trinajstić information content (AvgIpc) is 2.63. The zero-order chi connectivity index (χ0) is 19.1. The molecule has 3 rings (SSSR count). The standard InChI is InChI=1S/C19H23NO5S/c1-12-9-18(25-4)19(10-13(12)2)26(22,23)20-8-7-17(21)15-11-14(24-3)5-6-16(15)20/h5-6,9-11,17,21H,7-8H2,1-4H3. The molecular formula is C19H23NO5S.